The lowest BCUT2D eigenvalue weighted by molar-refractivity contribution is -0.113. The maximum absolute atomic E-state index is 12.2. The summed E-state index contributed by atoms with van der Waals surface area (Å²) < 4.78 is 10.3. The summed E-state index contributed by atoms with van der Waals surface area (Å²) in [6.45, 7) is 0. The van der Waals surface area contributed by atoms with Crippen LogP contribution in [0.3, 0.4) is 0 Å². The van der Waals surface area contributed by atoms with Crippen molar-refractivity contribution < 1.29 is 4.79 Å². The Kier molecular flexibility index (Phi) is 3.62. The zero-order valence-electron chi connectivity index (χ0n) is 12.0. The molecule has 3 aromatic rings. The summed E-state index contributed by atoms with van der Waals surface area (Å²) in [4.78, 5) is 12.2. The van der Waals surface area contributed by atoms with Gasteiger partial charge in [-0.25, -0.2) is 0 Å². The van der Waals surface area contributed by atoms with Crippen molar-refractivity contribution in [1.29, 1.82) is 0 Å². The first-order valence-electron chi connectivity index (χ1n) is 7.06. The average Bonchev–Trinajstić information content (AvgIpc) is 3.12. The predicted octanol–water partition coefficient (Wildman–Crippen LogP) is 1.93. The molecule has 8 nitrogen and oxygen atoms in total. The smallest absolute Gasteiger partial charge is 0.234 e. The van der Waals surface area contributed by atoms with Crippen LogP contribution in [0.5, 0.6) is 0 Å². The molecule has 3 N–H and O–H groups in total. The number of aromatic nitrogens is 5. The molecule has 23 heavy (non-hydrogen) atoms. The van der Waals surface area contributed by atoms with Gasteiger partial charge in [0, 0.05) is 6.04 Å². The van der Waals surface area contributed by atoms with Crippen LogP contribution < -0.4 is 11.1 Å². The summed E-state index contributed by atoms with van der Waals surface area (Å²) in [5.41, 5.74) is 7.98. The van der Waals surface area contributed by atoms with Crippen LogP contribution in [-0.4, -0.2) is 35.2 Å². The monoisotopic (exact) mass is 347 g/mol. The molecule has 1 aliphatic carbocycles. The van der Waals surface area contributed by atoms with E-state index in [1.54, 1.807) is 0 Å². The Hall–Kier alpha value is -2.20. The topological polar surface area (TPSA) is 112 Å². The molecule has 4 rings (SSSR count). The number of hydrogen-bond acceptors (Lipinski definition) is 8. The van der Waals surface area contributed by atoms with Gasteiger partial charge in [0.05, 0.1) is 23.2 Å². The lowest BCUT2D eigenvalue weighted by atomic mass is 10.2. The third kappa shape index (κ3) is 2.86. The second-order valence-electron chi connectivity index (χ2n) is 5.22. The number of nitrogens with one attached hydrogen (secondary N) is 1. The minimum Gasteiger partial charge on any atom is -0.368 e. The highest BCUT2D eigenvalue weighted by molar-refractivity contribution is 7.99. The van der Waals surface area contributed by atoms with Gasteiger partial charge >= 0.3 is 0 Å². The van der Waals surface area contributed by atoms with Crippen molar-refractivity contribution in [3.63, 3.8) is 0 Å². The number of fused-ring (bicyclic) bond motifs is 1. The Morgan fingerprint density at radius 2 is 2.26 bits per heavy atom. The molecule has 0 spiro atoms. The number of nitrogens with two attached hydrogens (primary N) is 1. The molecule has 1 aromatic carbocycles. The first-order chi connectivity index (χ1) is 11.2. The summed E-state index contributed by atoms with van der Waals surface area (Å²) in [6.07, 6.45) is 2.17. The number of thioether (sulfide) groups is 1. The number of carbonyl (C=O) groups excluding carboxylic acids is 1. The third-order valence-electron chi connectivity index (χ3n) is 3.50. The Labute approximate surface area is 139 Å². The van der Waals surface area contributed by atoms with E-state index in [1.807, 2.05) is 22.8 Å². The minimum atomic E-state index is -0.126. The maximum Gasteiger partial charge on any atom is 0.234 e. The van der Waals surface area contributed by atoms with Gasteiger partial charge in [-0.3, -0.25) is 9.36 Å². The van der Waals surface area contributed by atoms with Gasteiger partial charge in [0.15, 0.2) is 5.16 Å². The van der Waals surface area contributed by atoms with Crippen molar-refractivity contribution in [2.75, 3.05) is 16.8 Å². The van der Waals surface area contributed by atoms with Crippen LogP contribution >= 0.6 is 23.5 Å². The third-order valence-corrected chi connectivity index (χ3v) is 4.98. The van der Waals surface area contributed by atoms with Crippen LogP contribution in [0.2, 0.25) is 0 Å². The summed E-state index contributed by atoms with van der Waals surface area (Å²) in [5.74, 6) is 0.520. The second kappa shape index (κ2) is 5.78. The summed E-state index contributed by atoms with van der Waals surface area (Å²) in [7, 11) is 0. The Morgan fingerprint density at radius 3 is 3.09 bits per heavy atom. The molecule has 0 saturated heterocycles. The average molecular weight is 347 g/mol. The number of nitrogens with zero attached hydrogens (tertiary/aromatic N) is 5. The second-order valence-corrected chi connectivity index (χ2v) is 6.69. The minimum absolute atomic E-state index is 0.126. The molecule has 0 atom stereocenters. The number of amides is 1. The number of nitrogen functional groups attached to an aromatic ring is 1. The molecular weight excluding hydrogens is 334 g/mol. The maximum atomic E-state index is 12.2. The van der Waals surface area contributed by atoms with E-state index in [1.165, 1.54) is 11.8 Å². The molecule has 2 heterocycles. The fourth-order valence-electron chi connectivity index (χ4n) is 2.29. The van der Waals surface area contributed by atoms with Crippen molar-refractivity contribution in [1.82, 2.24) is 23.5 Å². The fraction of sp³-hybridized carbons (Fsp3) is 0.308. The van der Waals surface area contributed by atoms with Crippen molar-refractivity contribution in [2.24, 2.45) is 0 Å². The van der Waals surface area contributed by atoms with Gasteiger partial charge in [-0.1, -0.05) is 17.8 Å². The Bertz CT molecular complexity index is 870. The summed E-state index contributed by atoms with van der Waals surface area (Å²) in [5, 5.41) is 11.5. The van der Waals surface area contributed by atoms with Crippen molar-refractivity contribution >= 4 is 52.1 Å². The van der Waals surface area contributed by atoms with E-state index >= 15 is 0 Å². The molecule has 1 amide bonds. The number of hydrogen-bond donors (Lipinski definition) is 2. The predicted molar refractivity (Wildman–Crippen MR) is 89.5 cm³/mol. The highest BCUT2D eigenvalue weighted by Crippen LogP contribution is 2.39. The van der Waals surface area contributed by atoms with Gasteiger partial charge in [-0.15, -0.1) is 10.2 Å². The molecule has 0 unspecified atom stereocenters. The van der Waals surface area contributed by atoms with Gasteiger partial charge < -0.3 is 11.1 Å². The molecule has 1 saturated carbocycles. The quantitative estimate of drug-likeness (QED) is 0.678. The molecular formula is C13H13N7OS2. The van der Waals surface area contributed by atoms with Crippen LogP contribution in [0.4, 0.5) is 11.6 Å². The van der Waals surface area contributed by atoms with Gasteiger partial charge in [0.25, 0.3) is 0 Å². The van der Waals surface area contributed by atoms with Gasteiger partial charge in [0.2, 0.25) is 11.9 Å². The number of anilines is 2. The van der Waals surface area contributed by atoms with Gasteiger partial charge in [-0.2, -0.15) is 8.75 Å². The first-order valence-corrected chi connectivity index (χ1v) is 8.78. The normalized spacial score (nSPS) is 14.3. The van der Waals surface area contributed by atoms with Crippen LogP contribution in [-0.2, 0) is 4.79 Å². The lowest BCUT2D eigenvalue weighted by Gasteiger charge is -2.07. The Balaban J connectivity index is 1.44. The molecule has 1 fully saturated rings. The van der Waals surface area contributed by atoms with E-state index < -0.39 is 0 Å². The van der Waals surface area contributed by atoms with E-state index in [0.29, 0.717) is 28.4 Å². The van der Waals surface area contributed by atoms with Gasteiger partial charge in [0.1, 0.15) is 11.0 Å². The van der Waals surface area contributed by atoms with E-state index in [4.69, 9.17) is 5.73 Å². The number of rotatable bonds is 5. The summed E-state index contributed by atoms with van der Waals surface area (Å²) >= 11 is 2.46. The van der Waals surface area contributed by atoms with Crippen molar-refractivity contribution in [3.8, 4) is 0 Å². The van der Waals surface area contributed by atoms with Crippen molar-refractivity contribution in [2.45, 2.75) is 24.0 Å². The van der Waals surface area contributed by atoms with Crippen LogP contribution in [0.1, 0.15) is 18.9 Å². The molecule has 10 heteroatoms. The number of benzene rings is 1. The zero-order valence-corrected chi connectivity index (χ0v) is 13.6. The van der Waals surface area contributed by atoms with Crippen molar-refractivity contribution in [3.05, 3.63) is 18.2 Å². The van der Waals surface area contributed by atoms with Crippen LogP contribution in [0.25, 0.3) is 11.0 Å². The highest BCUT2D eigenvalue weighted by atomic mass is 32.2. The Morgan fingerprint density at radius 1 is 1.39 bits per heavy atom. The van der Waals surface area contributed by atoms with E-state index in [-0.39, 0.29) is 11.7 Å². The van der Waals surface area contributed by atoms with E-state index in [9.17, 15) is 4.79 Å². The first kappa shape index (κ1) is 14.4. The molecule has 2 aromatic heterocycles. The number of carbonyl (C=O) groups is 1. The van der Waals surface area contributed by atoms with E-state index in [0.717, 1.165) is 30.1 Å². The largest absolute Gasteiger partial charge is 0.368 e. The van der Waals surface area contributed by atoms with Crippen LogP contribution in [0.15, 0.2) is 23.4 Å². The zero-order chi connectivity index (χ0) is 15.8. The van der Waals surface area contributed by atoms with Crippen LogP contribution in [0, 0.1) is 0 Å². The standard InChI is InChI=1S/C13H13N7OS2/c14-12-16-17-13(20(12)7-4-5-7)22-6-10(21)15-8-2-1-3-9-11(8)19-23-18-9/h1-3,7H,4-6H2,(H2,14,16)(H,15,21). The summed E-state index contributed by atoms with van der Waals surface area (Å²) in [6, 6.07) is 5.91. The molecule has 118 valence electrons. The molecule has 0 aliphatic heterocycles. The SMILES string of the molecule is Nc1nnc(SCC(=O)Nc2cccc3nsnc23)n1C1CC1. The molecule has 1 aliphatic rings. The molecule has 0 bridgehead atoms. The highest BCUT2D eigenvalue weighted by Gasteiger charge is 2.29. The van der Waals surface area contributed by atoms with E-state index in [2.05, 4.69) is 24.3 Å². The molecule has 0 radical (unpaired) electrons. The van der Waals surface area contributed by atoms with Gasteiger partial charge in [-0.05, 0) is 25.0 Å². The lowest BCUT2D eigenvalue weighted by Crippen LogP contribution is -2.15. The fourth-order valence-corrected chi connectivity index (χ4v) is 3.65.